The molecule has 0 aliphatic carbocycles. The minimum atomic E-state index is -1.48. The molecule has 1 unspecified atom stereocenters. The smallest absolute Gasteiger partial charge is 0.157 e. The Labute approximate surface area is 187 Å². The minimum absolute atomic E-state index is 0.0521. The summed E-state index contributed by atoms with van der Waals surface area (Å²) in [5, 5.41) is 1.88. The zero-order chi connectivity index (χ0) is 21.5. The number of hydrogen-bond donors (Lipinski definition) is 0. The number of unbranched alkanes of at least 4 members (excludes halogenated alkanes) is 9. The van der Waals surface area contributed by atoms with Crippen LogP contribution in [0.15, 0.2) is 16.7 Å². The molecule has 0 fully saturated rings. The van der Waals surface area contributed by atoms with Gasteiger partial charge in [0.05, 0.1) is 11.6 Å². The van der Waals surface area contributed by atoms with E-state index in [2.05, 4.69) is 33.8 Å². The molecule has 2 nitrogen and oxygen atoms in total. The first-order chi connectivity index (χ1) is 14.0. The SMILES string of the molecule is CCCCCCCCCCCCC(OC(C)=S)c1coc([Si](CC)(CC)CC)c1. The number of furan rings is 1. The van der Waals surface area contributed by atoms with Crippen LogP contribution in [-0.2, 0) is 4.74 Å². The van der Waals surface area contributed by atoms with Crippen LogP contribution in [0, 0.1) is 0 Å². The topological polar surface area (TPSA) is 22.4 Å². The number of hydrogen-bond acceptors (Lipinski definition) is 3. The van der Waals surface area contributed by atoms with Gasteiger partial charge in [0, 0.05) is 12.5 Å². The van der Waals surface area contributed by atoms with E-state index in [-0.39, 0.29) is 6.10 Å². The van der Waals surface area contributed by atoms with Crippen LogP contribution in [0.25, 0.3) is 0 Å². The van der Waals surface area contributed by atoms with Crippen LogP contribution in [0.1, 0.15) is 117 Å². The lowest BCUT2D eigenvalue weighted by atomic mass is 10.0. The maximum Gasteiger partial charge on any atom is 0.157 e. The molecule has 0 aliphatic heterocycles. The second-order valence-electron chi connectivity index (χ2n) is 8.65. The second kappa shape index (κ2) is 15.2. The van der Waals surface area contributed by atoms with Gasteiger partial charge in [-0.15, -0.1) is 0 Å². The molecule has 0 amide bonds. The molecule has 0 saturated heterocycles. The van der Waals surface area contributed by atoms with Gasteiger partial charge < -0.3 is 9.15 Å². The van der Waals surface area contributed by atoms with Crippen molar-refractivity contribution in [2.24, 2.45) is 0 Å². The first-order valence-corrected chi connectivity index (χ1v) is 15.3. The molecule has 1 heterocycles. The van der Waals surface area contributed by atoms with Crippen molar-refractivity contribution in [2.45, 2.75) is 129 Å². The van der Waals surface area contributed by atoms with Crippen molar-refractivity contribution >= 4 is 30.7 Å². The van der Waals surface area contributed by atoms with Crippen LogP contribution in [0.5, 0.6) is 0 Å². The molecule has 0 N–H and O–H groups in total. The molecule has 0 saturated carbocycles. The molecular weight excluding hydrogens is 392 g/mol. The Morgan fingerprint density at radius 3 is 1.90 bits per heavy atom. The van der Waals surface area contributed by atoms with Crippen LogP contribution < -0.4 is 5.38 Å². The Balaban J connectivity index is 2.48. The van der Waals surface area contributed by atoms with Crippen LogP contribution in [-0.4, -0.2) is 13.1 Å². The lowest BCUT2D eigenvalue weighted by Crippen LogP contribution is -2.44. The average Bonchev–Trinajstić information content (AvgIpc) is 3.20. The molecule has 0 spiro atoms. The van der Waals surface area contributed by atoms with E-state index in [1.807, 2.05) is 13.2 Å². The van der Waals surface area contributed by atoms with Crippen molar-refractivity contribution in [1.82, 2.24) is 0 Å². The number of ether oxygens (including phenoxy) is 1. The molecule has 0 radical (unpaired) electrons. The summed E-state index contributed by atoms with van der Waals surface area (Å²) in [5.41, 5.74) is 1.19. The molecule has 1 aromatic heterocycles. The van der Waals surface area contributed by atoms with Crippen LogP contribution in [0.3, 0.4) is 0 Å². The van der Waals surface area contributed by atoms with Crippen molar-refractivity contribution in [3.63, 3.8) is 0 Å². The van der Waals surface area contributed by atoms with E-state index < -0.39 is 8.07 Å². The summed E-state index contributed by atoms with van der Waals surface area (Å²) in [6.07, 6.45) is 16.6. The highest BCUT2D eigenvalue weighted by atomic mass is 32.1. The molecule has 168 valence electrons. The fraction of sp³-hybridized carbons (Fsp3) is 0.800. The Morgan fingerprint density at radius 1 is 0.897 bits per heavy atom. The van der Waals surface area contributed by atoms with Gasteiger partial charge in [0.2, 0.25) is 0 Å². The molecule has 0 aliphatic rings. The summed E-state index contributed by atoms with van der Waals surface area (Å²) >= 11 is 5.26. The summed E-state index contributed by atoms with van der Waals surface area (Å²) in [5.74, 6) is 0. The molecule has 1 rings (SSSR count). The van der Waals surface area contributed by atoms with Crippen molar-refractivity contribution in [3.8, 4) is 0 Å². The van der Waals surface area contributed by atoms with Gasteiger partial charge in [-0.3, -0.25) is 0 Å². The maximum atomic E-state index is 6.10. The van der Waals surface area contributed by atoms with Gasteiger partial charge in [-0.2, -0.15) is 0 Å². The van der Waals surface area contributed by atoms with Crippen LogP contribution >= 0.6 is 12.2 Å². The Bertz CT molecular complexity index is 543. The van der Waals surface area contributed by atoms with Gasteiger partial charge in [-0.05, 0) is 31.1 Å². The van der Waals surface area contributed by atoms with Gasteiger partial charge in [-0.25, -0.2) is 0 Å². The highest BCUT2D eigenvalue weighted by molar-refractivity contribution is 7.80. The number of rotatable bonds is 17. The number of thiocarbonyl (C=S) groups is 1. The molecule has 1 atom stereocenters. The van der Waals surface area contributed by atoms with Crippen LogP contribution in [0.2, 0.25) is 18.1 Å². The summed E-state index contributed by atoms with van der Waals surface area (Å²) in [6.45, 7) is 11.1. The maximum absolute atomic E-state index is 6.10. The third-order valence-corrected chi connectivity index (χ3v) is 12.1. The fourth-order valence-corrected chi connectivity index (χ4v) is 7.83. The third-order valence-electron chi connectivity index (χ3n) is 6.67. The van der Waals surface area contributed by atoms with Gasteiger partial charge in [0.1, 0.15) is 14.2 Å². The summed E-state index contributed by atoms with van der Waals surface area (Å²) in [4.78, 5) is 0. The Morgan fingerprint density at radius 2 is 1.41 bits per heavy atom. The fourth-order valence-electron chi connectivity index (χ4n) is 4.38. The summed E-state index contributed by atoms with van der Waals surface area (Å²) < 4.78 is 12.1. The standard InChI is InChI=1S/C25H46O2SSi/c1-6-10-11-12-13-14-15-16-17-18-19-24(27-22(5)28)23-20-25(26-21-23)29(7-2,8-3)9-4/h20-21,24H,6-19H2,1-5H3. The van der Waals surface area contributed by atoms with E-state index in [4.69, 9.17) is 21.4 Å². The molecule has 0 bridgehead atoms. The predicted octanol–water partition coefficient (Wildman–Crippen LogP) is 8.71. The van der Waals surface area contributed by atoms with Crippen molar-refractivity contribution in [1.29, 1.82) is 0 Å². The molecule has 4 heteroatoms. The largest absolute Gasteiger partial charge is 0.479 e. The van der Waals surface area contributed by atoms with Gasteiger partial charge in [0.15, 0.2) is 5.05 Å². The van der Waals surface area contributed by atoms with E-state index in [0.29, 0.717) is 5.05 Å². The molecule has 29 heavy (non-hydrogen) atoms. The van der Waals surface area contributed by atoms with Gasteiger partial charge in [0.25, 0.3) is 0 Å². The Hall–Kier alpha value is -0.613. The third kappa shape index (κ3) is 9.38. The van der Waals surface area contributed by atoms with Crippen LogP contribution in [0.4, 0.5) is 0 Å². The van der Waals surface area contributed by atoms with Crippen molar-refractivity contribution < 1.29 is 9.15 Å². The second-order valence-corrected chi connectivity index (χ2v) is 14.4. The quantitative estimate of drug-likeness (QED) is 0.138. The van der Waals surface area contributed by atoms with Crippen molar-refractivity contribution in [2.75, 3.05) is 0 Å². The summed E-state index contributed by atoms with van der Waals surface area (Å²) in [6, 6.07) is 6.01. The van der Waals surface area contributed by atoms with E-state index in [0.717, 1.165) is 6.42 Å². The van der Waals surface area contributed by atoms with E-state index >= 15 is 0 Å². The normalized spacial score (nSPS) is 12.9. The minimum Gasteiger partial charge on any atom is -0.479 e. The summed E-state index contributed by atoms with van der Waals surface area (Å²) in [7, 11) is -1.48. The van der Waals surface area contributed by atoms with E-state index in [1.165, 1.54) is 93.3 Å². The first-order valence-electron chi connectivity index (χ1n) is 12.3. The molecule has 0 aromatic carbocycles. The lowest BCUT2D eigenvalue weighted by Gasteiger charge is -2.25. The van der Waals surface area contributed by atoms with E-state index in [9.17, 15) is 0 Å². The van der Waals surface area contributed by atoms with E-state index in [1.54, 1.807) is 0 Å². The highest BCUT2D eigenvalue weighted by Crippen LogP contribution is 2.28. The highest BCUT2D eigenvalue weighted by Gasteiger charge is 2.33. The van der Waals surface area contributed by atoms with Gasteiger partial charge in [-0.1, -0.05) is 104 Å². The zero-order valence-corrected chi connectivity index (χ0v) is 21.7. The van der Waals surface area contributed by atoms with Crippen molar-refractivity contribution in [3.05, 3.63) is 17.9 Å². The predicted molar refractivity (Wildman–Crippen MR) is 134 cm³/mol. The molecule has 1 aromatic rings. The van der Waals surface area contributed by atoms with Gasteiger partial charge >= 0.3 is 0 Å². The lowest BCUT2D eigenvalue weighted by molar-refractivity contribution is 0.180. The average molecular weight is 439 g/mol. The Kier molecular flexibility index (Phi) is 13.9. The monoisotopic (exact) mass is 438 g/mol. The molecular formula is C25H46O2SSi. The first kappa shape index (κ1) is 26.4. The zero-order valence-electron chi connectivity index (χ0n) is 19.9.